The standard InChI is InChI=1S/C15H19NO3/c1-4-19-15(18)12-8-14(17)16(9-12)13-6-10(2)5-11(3)7-13/h5-7,12H,4,8-9H2,1-3H3. The highest BCUT2D eigenvalue weighted by molar-refractivity contribution is 5.99. The van der Waals surface area contributed by atoms with Gasteiger partial charge < -0.3 is 9.64 Å². The van der Waals surface area contributed by atoms with Crippen molar-refractivity contribution in [3.8, 4) is 0 Å². The number of hydrogen-bond acceptors (Lipinski definition) is 3. The van der Waals surface area contributed by atoms with Gasteiger partial charge in [0.25, 0.3) is 0 Å². The van der Waals surface area contributed by atoms with Crippen LogP contribution in [-0.4, -0.2) is 25.0 Å². The van der Waals surface area contributed by atoms with E-state index < -0.39 is 0 Å². The Kier molecular flexibility index (Phi) is 3.88. The number of anilines is 1. The zero-order valence-electron chi connectivity index (χ0n) is 11.6. The Labute approximate surface area is 113 Å². The van der Waals surface area contributed by atoms with Crippen LogP contribution in [0.5, 0.6) is 0 Å². The fraction of sp³-hybridized carbons (Fsp3) is 0.467. The van der Waals surface area contributed by atoms with E-state index in [0.717, 1.165) is 16.8 Å². The second-order valence-corrected chi connectivity index (χ2v) is 5.00. The summed E-state index contributed by atoms with van der Waals surface area (Å²) in [7, 11) is 0. The molecule has 1 aromatic rings. The molecule has 19 heavy (non-hydrogen) atoms. The van der Waals surface area contributed by atoms with E-state index in [1.807, 2.05) is 26.0 Å². The van der Waals surface area contributed by atoms with Crippen molar-refractivity contribution in [2.45, 2.75) is 27.2 Å². The van der Waals surface area contributed by atoms with Gasteiger partial charge in [0.05, 0.1) is 12.5 Å². The summed E-state index contributed by atoms with van der Waals surface area (Å²) >= 11 is 0. The number of hydrogen-bond donors (Lipinski definition) is 0. The molecule has 1 atom stereocenters. The molecule has 0 saturated carbocycles. The molecule has 0 radical (unpaired) electrons. The lowest BCUT2D eigenvalue weighted by molar-refractivity contribution is -0.147. The van der Waals surface area contributed by atoms with Crippen LogP contribution in [0.25, 0.3) is 0 Å². The zero-order valence-corrected chi connectivity index (χ0v) is 11.6. The van der Waals surface area contributed by atoms with E-state index in [2.05, 4.69) is 6.07 Å². The molecule has 1 amide bonds. The molecule has 1 aliphatic rings. The second kappa shape index (κ2) is 5.43. The Morgan fingerprint density at radius 1 is 1.32 bits per heavy atom. The Hall–Kier alpha value is -1.84. The average Bonchev–Trinajstić information content (AvgIpc) is 2.70. The normalized spacial score (nSPS) is 18.8. The third-order valence-corrected chi connectivity index (χ3v) is 3.26. The SMILES string of the molecule is CCOC(=O)C1CC(=O)N(c2cc(C)cc(C)c2)C1. The third kappa shape index (κ3) is 2.95. The van der Waals surface area contributed by atoms with Crippen molar-refractivity contribution in [1.82, 2.24) is 0 Å². The van der Waals surface area contributed by atoms with Crippen molar-refractivity contribution in [2.75, 3.05) is 18.1 Å². The number of aryl methyl sites for hydroxylation is 2. The van der Waals surface area contributed by atoms with Gasteiger partial charge in [0.15, 0.2) is 0 Å². The van der Waals surface area contributed by atoms with Gasteiger partial charge in [0.1, 0.15) is 0 Å². The number of nitrogens with zero attached hydrogens (tertiary/aromatic N) is 1. The van der Waals surface area contributed by atoms with E-state index in [0.29, 0.717) is 13.2 Å². The Bertz CT molecular complexity index is 490. The van der Waals surface area contributed by atoms with Gasteiger partial charge >= 0.3 is 5.97 Å². The number of amides is 1. The first-order valence-corrected chi connectivity index (χ1v) is 6.56. The highest BCUT2D eigenvalue weighted by atomic mass is 16.5. The first kappa shape index (κ1) is 13.6. The van der Waals surface area contributed by atoms with E-state index in [4.69, 9.17) is 4.74 Å². The molecule has 0 bridgehead atoms. The lowest BCUT2D eigenvalue weighted by Crippen LogP contribution is -2.26. The molecule has 1 aromatic carbocycles. The summed E-state index contributed by atoms with van der Waals surface area (Å²) in [6, 6.07) is 6.00. The van der Waals surface area contributed by atoms with E-state index >= 15 is 0 Å². The van der Waals surface area contributed by atoms with Gasteiger partial charge in [-0.05, 0) is 44.0 Å². The Balaban J connectivity index is 2.18. The zero-order chi connectivity index (χ0) is 14.0. The predicted octanol–water partition coefficient (Wildman–Crippen LogP) is 2.22. The molecule has 1 heterocycles. The predicted molar refractivity (Wildman–Crippen MR) is 73.0 cm³/mol. The first-order valence-electron chi connectivity index (χ1n) is 6.56. The third-order valence-electron chi connectivity index (χ3n) is 3.26. The van der Waals surface area contributed by atoms with Crippen molar-refractivity contribution in [1.29, 1.82) is 0 Å². The minimum Gasteiger partial charge on any atom is -0.466 e. The summed E-state index contributed by atoms with van der Waals surface area (Å²) < 4.78 is 4.99. The molecule has 1 unspecified atom stereocenters. The number of carbonyl (C=O) groups is 2. The van der Waals surface area contributed by atoms with Crippen molar-refractivity contribution in [2.24, 2.45) is 5.92 Å². The van der Waals surface area contributed by atoms with Crippen molar-refractivity contribution in [3.63, 3.8) is 0 Å². The summed E-state index contributed by atoms with van der Waals surface area (Å²) in [6.07, 6.45) is 0.242. The topological polar surface area (TPSA) is 46.6 Å². The van der Waals surface area contributed by atoms with Gasteiger partial charge in [-0.2, -0.15) is 0 Å². The van der Waals surface area contributed by atoms with Gasteiger partial charge in [-0.3, -0.25) is 9.59 Å². The highest BCUT2D eigenvalue weighted by Crippen LogP contribution is 2.27. The second-order valence-electron chi connectivity index (χ2n) is 5.00. The molecule has 0 aromatic heterocycles. The minimum atomic E-state index is -0.340. The minimum absolute atomic E-state index is 0.0111. The first-order chi connectivity index (χ1) is 9.01. The largest absolute Gasteiger partial charge is 0.466 e. The number of benzene rings is 1. The van der Waals surface area contributed by atoms with Crippen LogP contribution in [0, 0.1) is 19.8 Å². The molecule has 1 aliphatic heterocycles. The van der Waals surface area contributed by atoms with Crippen LogP contribution in [0.3, 0.4) is 0 Å². The summed E-state index contributed by atoms with van der Waals surface area (Å²) in [5, 5.41) is 0. The van der Waals surface area contributed by atoms with Crippen LogP contribution in [0.15, 0.2) is 18.2 Å². The number of carbonyl (C=O) groups excluding carboxylic acids is 2. The summed E-state index contributed by atoms with van der Waals surface area (Å²) in [5.41, 5.74) is 3.10. The molecular formula is C15H19NO3. The quantitative estimate of drug-likeness (QED) is 0.784. The number of esters is 1. The van der Waals surface area contributed by atoms with Crippen LogP contribution in [-0.2, 0) is 14.3 Å². The molecule has 1 saturated heterocycles. The van der Waals surface area contributed by atoms with Crippen LogP contribution in [0.1, 0.15) is 24.5 Å². The highest BCUT2D eigenvalue weighted by Gasteiger charge is 2.36. The monoisotopic (exact) mass is 261 g/mol. The number of rotatable bonds is 3. The molecule has 2 rings (SSSR count). The van der Waals surface area contributed by atoms with Gasteiger partial charge in [-0.15, -0.1) is 0 Å². The van der Waals surface area contributed by atoms with Crippen molar-refractivity contribution < 1.29 is 14.3 Å². The maximum atomic E-state index is 12.0. The molecule has 4 heteroatoms. The Morgan fingerprint density at radius 3 is 2.53 bits per heavy atom. The molecule has 1 fully saturated rings. The van der Waals surface area contributed by atoms with Crippen LogP contribution < -0.4 is 4.90 Å². The maximum Gasteiger partial charge on any atom is 0.311 e. The van der Waals surface area contributed by atoms with Crippen LogP contribution in [0.4, 0.5) is 5.69 Å². The van der Waals surface area contributed by atoms with Crippen molar-refractivity contribution >= 4 is 17.6 Å². The van der Waals surface area contributed by atoms with Gasteiger partial charge in [-0.1, -0.05) is 6.07 Å². The van der Waals surface area contributed by atoms with Gasteiger partial charge in [0, 0.05) is 18.7 Å². The van der Waals surface area contributed by atoms with E-state index in [1.54, 1.807) is 11.8 Å². The van der Waals surface area contributed by atoms with E-state index in [9.17, 15) is 9.59 Å². The lowest BCUT2D eigenvalue weighted by atomic mass is 10.1. The number of ether oxygens (including phenoxy) is 1. The van der Waals surface area contributed by atoms with Crippen LogP contribution >= 0.6 is 0 Å². The molecule has 0 aliphatic carbocycles. The smallest absolute Gasteiger partial charge is 0.311 e. The van der Waals surface area contributed by atoms with E-state index in [1.165, 1.54) is 0 Å². The fourth-order valence-corrected chi connectivity index (χ4v) is 2.48. The maximum absolute atomic E-state index is 12.0. The molecule has 102 valence electrons. The van der Waals surface area contributed by atoms with Gasteiger partial charge in [-0.25, -0.2) is 0 Å². The van der Waals surface area contributed by atoms with E-state index in [-0.39, 0.29) is 24.2 Å². The molecule has 4 nitrogen and oxygen atoms in total. The summed E-state index contributed by atoms with van der Waals surface area (Å²) in [6.45, 7) is 6.55. The van der Waals surface area contributed by atoms with Crippen molar-refractivity contribution in [3.05, 3.63) is 29.3 Å². The van der Waals surface area contributed by atoms with Crippen LogP contribution in [0.2, 0.25) is 0 Å². The summed E-state index contributed by atoms with van der Waals surface area (Å²) in [5.74, 6) is -0.626. The fourth-order valence-electron chi connectivity index (χ4n) is 2.48. The Morgan fingerprint density at radius 2 is 1.95 bits per heavy atom. The molecular weight excluding hydrogens is 242 g/mol. The lowest BCUT2D eigenvalue weighted by Gasteiger charge is -2.17. The molecule has 0 N–H and O–H groups in total. The molecule has 0 spiro atoms. The summed E-state index contributed by atoms with van der Waals surface area (Å²) in [4.78, 5) is 25.4. The van der Waals surface area contributed by atoms with Gasteiger partial charge in [0.2, 0.25) is 5.91 Å². The average molecular weight is 261 g/mol.